The lowest BCUT2D eigenvalue weighted by molar-refractivity contribution is -0.140. The fourth-order valence-corrected chi connectivity index (χ4v) is 4.28. The van der Waals surface area contributed by atoms with Crippen molar-refractivity contribution in [1.29, 1.82) is 0 Å². The van der Waals surface area contributed by atoms with Crippen molar-refractivity contribution in [2.24, 2.45) is 0 Å². The highest BCUT2D eigenvalue weighted by molar-refractivity contribution is 7.92. The summed E-state index contributed by atoms with van der Waals surface area (Å²) in [6.07, 6.45) is 1.29. The van der Waals surface area contributed by atoms with Gasteiger partial charge in [-0.2, -0.15) is 0 Å². The van der Waals surface area contributed by atoms with Crippen molar-refractivity contribution in [2.75, 3.05) is 17.1 Å². The quantitative estimate of drug-likeness (QED) is 0.543. The van der Waals surface area contributed by atoms with Crippen molar-refractivity contribution < 1.29 is 22.4 Å². The molecule has 180 valence electrons. The van der Waals surface area contributed by atoms with Gasteiger partial charge in [-0.15, -0.1) is 0 Å². The normalized spacial score (nSPS) is 12.3. The number of nitrogens with one attached hydrogen (secondary N) is 1. The summed E-state index contributed by atoms with van der Waals surface area (Å²) in [7, 11) is -3.86. The SMILES string of the molecule is CCC(C(=O)NC(C)C)N(Cc1ccc(Cl)cc1)C(=O)CN(c1ccc(F)cc1)S(C)(=O)=O. The number of halogens is 2. The van der Waals surface area contributed by atoms with Gasteiger partial charge in [0.15, 0.2) is 0 Å². The van der Waals surface area contributed by atoms with E-state index in [2.05, 4.69) is 5.32 Å². The lowest BCUT2D eigenvalue weighted by Crippen LogP contribution is -2.53. The summed E-state index contributed by atoms with van der Waals surface area (Å²) in [4.78, 5) is 27.7. The first-order valence-electron chi connectivity index (χ1n) is 10.5. The monoisotopic (exact) mass is 497 g/mol. The first-order valence-corrected chi connectivity index (χ1v) is 12.7. The minimum Gasteiger partial charge on any atom is -0.352 e. The second-order valence-electron chi connectivity index (χ2n) is 7.98. The van der Waals surface area contributed by atoms with E-state index in [0.717, 1.165) is 28.3 Å². The lowest BCUT2D eigenvalue weighted by Gasteiger charge is -2.33. The Morgan fingerprint density at radius 1 is 1.06 bits per heavy atom. The number of carbonyl (C=O) groups is 2. The van der Waals surface area contributed by atoms with E-state index < -0.39 is 34.3 Å². The topological polar surface area (TPSA) is 86.8 Å². The van der Waals surface area contributed by atoms with Crippen LogP contribution in [0.25, 0.3) is 0 Å². The van der Waals surface area contributed by atoms with Gasteiger partial charge in [-0.05, 0) is 62.2 Å². The number of nitrogens with zero attached hydrogens (tertiary/aromatic N) is 2. The summed E-state index contributed by atoms with van der Waals surface area (Å²) >= 11 is 5.96. The molecule has 0 aliphatic rings. The number of benzene rings is 2. The summed E-state index contributed by atoms with van der Waals surface area (Å²) in [6, 6.07) is 10.7. The average Bonchev–Trinajstić information content (AvgIpc) is 2.72. The van der Waals surface area contributed by atoms with Gasteiger partial charge < -0.3 is 10.2 Å². The van der Waals surface area contributed by atoms with Crippen LogP contribution in [0.3, 0.4) is 0 Å². The number of sulfonamides is 1. The molecule has 0 fully saturated rings. The maximum atomic E-state index is 13.4. The summed E-state index contributed by atoms with van der Waals surface area (Å²) in [6.45, 7) is 4.96. The van der Waals surface area contributed by atoms with E-state index >= 15 is 0 Å². The van der Waals surface area contributed by atoms with E-state index in [4.69, 9.17) is 11.6 Å². The van der Waals surface area contributed by atoms with Crippen LogP contribution in [0.1, 0.15) is 32.8 Å². The van der Waals surface area contributed by atoms with Crippen LogP contribution < -0.4 is 9.62 Å². The Hall–Kier alpha value is -2.65. The van der Waals surface area contributed by atoms with Gasteiger partial charge in [0.2, 0.25) is 21.8 Å². The minimum absolute atomic E-state index is 0.0844. The molecule has 2 aromatic carbocycles. The van der Waals surface area contributed by atoms with E-state index in [9.17, 15) is 22.4 Å². The Bertz CT molecular complexity index is 1060. The van der Waals surface area contributed by atoms with Crippen molar-refractivity contribution in [1.82, 2.24) is 10.2 Å². The Balaban J connectivity index is 2.42. The predicted molar refractivity (Wildman–Crippen MR) is 128 cm³/mol. The van der Waals surface area contributed by atoms with E-state index in [1.165, 1.54) is 17.0 Å². The summed E-state index contributed by atoms with van der Waals surface area (Å²) in [5.41, 5.74) is 0.884. The molecule has 7 nitrogen and oxygen atoms in total. The zero-order chi connectivity index (χ0) is 24.8. The van der Waals surface area contributed by atoms with Crippen LogP contribution >= 0.6 is 11.6 Å². The molecule has 10 heteroatoms. The Kier molecular flexibility index (Phi) is 9.25. The van der Waals surface area contributed by atoms with Gasteiger partial charge in [-0.3, -0.25) is 13.9 Å². The van der Waals surface area contributed by atoms with E-state index in [-0.39, 0.29) is 24.2 Å². The van der Waals surface area contributed by atoms with Gasteiger partial charge in [0, 0.05) is 17.6 Å². The number of anilines is 1. The van der Waals surface area contributed by atoms with Gasteiger partial charge in [-0.25, -0.2) is 12.8 Å². The van der Waals surface area contributed by atoms with Crippen molar-refractivity contribution >= 4 is 39.1 Å². The summed E-state index contributed by atoms with van der Waals surface area (Å²) < 4.78 is 39.2. The molecule has 1 unspecified atom stereocenters. The first-order chi connectivity index (χ1) is 15.4. The highest BCUT2D eigenvalue weighted by Gasteiger charge is 2.31. The summed E-state index contributed by atoms with van der Waals surface area (Å²) in [5.74, 6) is -1.42. The Morgan fingerprint density at radius 3 is 2.12 bits per heavy atom. The van der Waals surface area contributed by atoms with Crippen molar-refractivity contribution in [2.45, 2.75) is 45.8 Å². The smallest absolute Gasteiger partial charge is 0.244 e. The molecule has 0 aromatic heterocycles. The maximum absolute atomic E-state index is 13.4. The molecule has 0 bridgehead atoms. The van der Waals surface area contributed by atoms with Gasteiger partial charge in [0.1, 0.15) is 18.4 Å². The van der Waals surface area contributed by atoms with Crippen LogP contribution in [-0.4, -0.2) is 50.0 Å². The molecule has 2 aromatic rings. The zero-order valence-electron chi connectivity index (χ0n) is 19.1. The average molecular weight is 498 g/mol. The van der Waals surface area contributed by atoms with E-state index in [1.54, 1.807) is 31.2 Å². The van der Waals surface area contributed by atoms with Crippen LogP contribution in [0.5, 0.6) is 0 Å². The molecule has 0 aliphatic heterocycles. The lowest BCUT2D eigenvalue weighted by atomic mass is 10.1. The van der Waals surface area contributed by atoms with Crippen molar-refractivity contribution in [3.63, 3.8) is 0 Å². The van der Waals surface area contributed by atoms with Gasteiger partial charge >= 0.3 is 0 Å². The number of amides is 2. The predicted octanol–water partition coefficient (Wildman–Crippen LogP) is 3.58. The number of hydrogen-bond donors (Lipinski definition) is 1. The molecule has 0 spiro atoms. The van der Waals surface area contributed by atoms with E-state index in [0.29, 0.717) is 11.4 Å². The third kappa shape index (κ3) is 7.71. The standard InChI is InChI=1S/C23H29ClFN3O4S/c1-5-21(23(30)26-16(2)3)27(14-17-6-8-18(24)9-7-17)22(29)15-28(33(4,31)32)20-12-10-19(25)11-13-20/h6-13,16,21H,5,14-15H2,1-4H3,(H,26,30). The fraction of sp³-hybridized carbons (Fsp3) is 0.391. The molecule has 1 atom stereocenters. The number of carbonyl (C=O) groups excluding carboxylic acids is 2. The third-order valence-corrected chi connectivity index (χ3v) is 6.27. The van der Waals surface area contributed by atoms with Crippen LogP contribution in [-0.2, 0) is 26.2 Å². The highest BCUT2D eigenvalue weighted by Crippen LogP contribution is 2.20. The highest BCUT2D eigenvalue weighted by atomic mass is 35.5. The number of hydrogen-bond acceptors (Lipinski definition) is 4. The van der Waals surface area contributed by atoms with Gasteiger partial charge in [0.05, 0.1) is 11.9 Å². The van der Waals surface area contributed by atoms with Crippen molar-refractivity contribution in [3.8, 4) is 0 Å². The third-order valence-electron chi connectivity index (χ3n) is 4.88. The molecule has 2 rings (SSSR count). The van der Waals surface area contributed by atoms with Crippen LogP contribution in [0.15, 0.2) is 48.5 Å². The van der Waals surface area contributed by atoms with Crippen molar-refractivity contribution in [3.05, 3.63) is 64.9 Å². The molecule has 0 saturated heterocycles. The summed E-state index contributed by atoms with van der Waals surface area (Å²) in [5, 5.41) is 3.35. The van der Waals surface area contributed by atoms with Gasteiger partial charge in [-0.1, -0.05) is 30.7 Å². The molecular weight excluding hydrogens is 469 g/mol. The first kappa shape index (κ1) is 26.6. The Labute approximate surface area is 199 Å². The molecule has 0 heterocycles. The second kappa shape index (κ2) is 11.5. The van der Waals surface area contributed by atoms with Crippen LogP contribution in [0.4, 0.5) is 10.1 Å². The largest absolute Gasteiger partial charge is 0.352 e. The molecule has 1 N–H and O–H groups in total. The molecule has 0 radical (unpaired) electrons. The molecule has 2 amide bonds. The van der Waals surface area contributed by atoms with E-state index in [1.807, 2.05) is 13.8 Å². The second-order valence-corrected chi connectivity index (χ2v) is 10.3. The zero-order valence-corrected chi connectivity index (χ0v) is 20.7. The fourth-order valence-electron chi connectivity index (χ4n) is 3.31. The van der Waals surface area contributed by atoms with Gasteiger partial charge in [0.25, 0.3) is 0 Å². The minimum atomic E-state index is -3.86. The molecule has 0 aliphatic carbocycles. The van der Waals surface area contributed by atoms with Crippen LogP contribution in [0.2, 0.25) is 5.02 Å². The molecule has 0 saturated carbocycles. The number of rotatable bonds is 10. The van der Waals surface area contributed by atoms with Crippen LogP contribution in [0, 0.1) is 5.82 Å². The maximum Gasteiger partial charge on any atom is 0.244 e. The molecular formula is C23H29ClFN3O4S. The molecule has 33 heavy (non-hydrogen) atoms. The Morgan fingerprint density at radius 2 is 1.64 bits per heavy atom.